The molecule has 9 heteroatoms. The van der Waals surface area contributed by atoms with E-state index in [-0.39, 0.29) is 5.69 Å². The Hall–Kier alpha value is -2.68. The Morgan fingerprint density at radius 1 is 1.26 bits per heavy atom. The summed E-state index contributed by atoms with van der Waals surface area (Å²) in [5.41, 5.74) is 3.14. The third-order valence-corrected chi connectivity index (χ3v) is 4.17. The van der Waals surface area contributed by atoms with Crippen molar-refractivity contribution in [2.75, 3.05) is 5.32 Å². The number of aryl methyl sites for hydroxylation is 1. The lowest BCUT2D eigenvalue weighted by Crippen LogP contribution is -2.03. The van der Waals surface area contributed by atoms with Crippen molar-refractivity contribution in [3.8, 4) is 0 Å². The predicted molar refractivity (Wildman–Crippen MR) is 90.3 cm³/mol. The molecule has 0 atom stereocenters. The number of benzene rings is 1. The summed E-state index contributed by atoms with van der Waals surface area (Å²) in [6.45, 7) is 0.566. The Balaban J connectivity index is 1.66. The van der Waals surface area contributed by atoms with Crippen LogP contribution in [-0.4, -0.2) is 29.7 Å². The molecule has 116 valence electrons. The maximum atomic E-state index is 11.3. The highest BCUT2D eigenvalue weighted by Gasteiger charge is 2.13. The lowest BCUT2D eigenvalue weighted by atomic mass is 10.2. The maximum Gasteiger partial charge on any atom is 0.323 e. The van der Waals surface area contributed by atoms with E-state index >= 15 is 0 Å². The van der Waals surface area contributed by atoms with Gasteiger partial charge in [-0.05, 0) is 33.6 Å². The van der Waals surface area contributed by atoms with Crippen LogP contribution < -0.4 is 11.0 Å². The Bertz CT molecular complexity index is 1080. The van der Waals surface area contributed by atoms with Gasteiger partial charge in [-0.1, -0.05) is 6.07 Å². The second-order valence-electron chi connectivity index (χ2n) is 5.15. The predicted octanol–water partition coefficient (Wildman–Crippen LogP) is 1.91. The van der Waals surface area contributed by atoms with E-state index in [2.05, 4.69) is 46.3 Å². The smallest absolute Gasteiger partial charge is 0.323 e. The van der Waals surface area contributed by atoms with E-state index in [0.29, 0.717) is 17.0 Å². The summed E-state index contributed by atoms with van der Waals surface area (Å²) in [7, 11) is 1.83. The van der Waals surface area contributed by atoms with Crippen molar-refractivity contribution in [2.24, 2.45) is 7.05 Å². The summed E-state index contributed by atoms with van der Waals surface area (Å²) in [4.78, 5) is 25.3. The number of hydrogen-bond acceptors (Lipinski definition) is 5. The van der Waals surface area contributed by atoms with Crippen LogP contribution in [-0.2, 0) is 13.6 Å². The zero-order valence-corrected chi connectivity index (χ0v) is 13.7. The van der Waals surface area contributed by atoms with Gasteiger partial charge >= 0.3 is 5.69 Å². The van der Waals surface area contributed by atoms with Gasteiger partial charge in [0.25, 0.3) is 0 Å². The van der Waals surface area contributed by atoms with Crippen molar-refractivity contribution in [2.45, 2.75) is 6.54 Å². The van der Waals surface area contributed by atoms with Gasteiger partial charge in [-0.2, -0.15) is 5.10 Å². The molecule has 23 heavy (non-hydrogen) atoms. The molecule has 0 aliphatic rings. The number of aromatic amines is 2. The Kier molecular flexibility index (Phi) is 3.15. The van der Waals surface area contributed by atoms with Gasteiger partial charge in [-0.25, -0.2) is 19.4 Å². The molecule has 0 saturated carbocycles. The minimum Gasteiger partial charge on any atom is -0.365 e. The Labute approximate surface area is 138 Å². The summed E-state index contributed by atoms with van der Waals surface area (Å²) in [6.07, 6.45) is 1.51. The fraction of sp³-hybridized carbons (Fsp3) is 0.143. The lowest BCUT2D eigenvalue weighted by Gasteiger charge is -2.07. The Morgan fingerprint density at radius 2 is 2.09 bits per heavy atom. The number of nitrogens with one attached hydrogen (secondary N) is 3. The van der Waals surface area contributed by atoms with Gasteiger partial charge < -0.3 is 15.3 Å². The first-order valence-electron chi connectivity index (χ1n) is 6.90. The van der Waals surface area contributed by atoms with E-state index in [9.17, 15) is 4.79 Å². The molecule has 3 heterocycles. The molecular weight excluding hydrogens is 362 g/mol. The zero-order chi connectivity index (χ0) is 16.0. The van der Waals surface area contributed by atoms with Gasteiger partial charge in [0.1, 0.15) is 16.7 Å². The quantitative estimate of drug-likeness (QED) is 0.508. The van der Waals surface area contributed by atoms with Crippen LogP contribution in [0.1, 0.15) is 5.56 Å². The summed E-state index contributed by atoms with van der Waals surface area (Å²) >= 11 is 3.43. The molecule has 1 aromatic carbocycles. The first-order valence-corrected chi connectivity index (χ1v) is 7.69. The topological polar surface area (TPSA) is 104 Å². The molecule has 0 spiro atoms. The monoisotopic (exact) mass is 373 g/mol. The molecule has 0 saturated heterocycles. The molecule has 0 unspecified atom stereocenters. The van der Waals surface area contributed by atoms with Crippen LogP contribution in [0.4, 0.5) is 5.82 Å². The second kappa shape index (κ2) is 5.20. The number of nitrogens with zero attached hydrogens (tertiary/aromatic N) is 4. The summed E-state index contributed by atoms with van der Waals surface area (Å²) in [6, 6.07) is 5.76. The van der Waals surface area contributed by atoms with E-state index in [0.717, 1.165) is 27.6 Å². The van der Waals surface area contributed by atoms with E-state index in [1.807, 2.05) is 25.2 Å². The van der Waals surface area contributed by atoms with Crippen LogP contribution in [0.3, 0.4) is 0 Å². The SMILES string of the molecule is Cn1nc(Br)c2c(NCc3ccc4[nH]c(=O)[nH]c4c3)ncnc21. The highest BCUT2D eigenvalue weighted by Crippen LogP contribution is 2.27. The molecule has 0 fully saturated rings. The highest BCUT2D eigenvalue weighted by molar-refractivity contribution is 9.10. The van der Waals surface area contributed by atoms with Crippen LogP contribution in [0.15, 0.2) is 33.9 Å². The van der Waals surface area contributed by atoms with E-state index in [1.54, 1.807) is 4.68 Å². The maximum absolute atomic E-state index is 11.3. The van der Waals surface area contributed by atoms with E-state index < -0.39 is 0 Å². The standard InChI is InChI=1S/C14H12BrN7O/c1-22-13-10(11(15)21-22)12(17-6-18-13)16-5-7-2-3-8-9(4-7)20-14(23)19-8/h2-4,6H,5H2,1H3,(H,16,17,18)(H2,19,20,23). The molecule has 0 amide bonds. The number of fused-ring (bicyclic) bond motifs is 2. The molecule has 0 aliphatic heterocycles. The van der Waals surface area contributed by atoms with Crippen molar-refractivity contribution in [3.63, 3.8) is 0 Å². The lowest BCUT2D eigenvalue weighted by molar-refractivity contribution is 0.777. The molecule has 4 rings (SSSR count). The van der Waals surface area contributed by atoms with Crippen LogP contribution in [0, 0.1) is 0 Å². The van der Waals surface area contributed by atoms with Crippen molar-refractivity contribution in [1.29, 1.82) is 0 Å². The third-order valence-electron chi connectivity index (χ3n) is 3.62. The fourth-order valence-electron chi connectivity index (χ4n) is 2.55. The second-order valence-corrected chi connectivity index (χ2v) is 5.90. The molecule has 3 N–H and O–H groups in total. The van der Waals surface area contributed by atoms with Crippen molar-refractivity contribution < 1.29 is 0 Å². The Morgan fingerprint density at radius 3 is 2.96 bits per heavy atom. The number of aromatic nitrogens is 6. The number of rotatable bonds is 3. The number of H-pyrrole nitrogens is 2. The fourth-order valence-corrected chi connectivity index (χ4v) is 3.15. The van der Waals surface area contributed by atoms with Gasteiger partial charge in [0, 0.05) is 13.6 Å². The van der Waals surface area contributed by atoms with Crippen LogP contribution >= 0.6 is 15.9 Å². The highest BCUT2D eigenvalue weighted by atomic mass is 79.9. The van der Waals surface area contributed by atoms with Gasteiger partial charge in [0.15, 0.2) is 5.65 Å². The van der Waals surface area contributed by atoms with Gasteiger partial charge in [-0.15, -0.1) is 0 Å². The summed E-state index contributed by atoms with van der Waals surface area (Å²) in [5, 5.41) is 8.43. The normalized spacial score (nSPS) is 11.4. The molecule has 0 radical (unpaired) electrons. The molecular formula is C14H12BrN7O. The molecule has 8 nitrogen and oxygen atoms in total. The average Bonchev–Trinajstić information content (AvgIpc) is 3.04. The van der Waals surface area contributed by atoms with Gasteiger partial charge in [0.2, 0.25) is 0 Å². The first-order chi connectivity index (χ1) is 11.1. The van der Waals surface area contributed by atoms with Crippen molar-refractivity contribution in [1.82, 2.24) is 29.7 Å². The third kappa shape index (κ3) is 2.38. The van der Waals surface area contributed by atoms with Crippen LogP contribution in [0.25, 0.3) is 22.1 Å². The molecule has 0 aliphatic carbocycles. The van der Waals surface area contributed by atoms with Gasteiger partial charge in [0.05, 0.1) is 16.4 Å². The molecule has 3 aromatic heterocycles. The van der Waals surface area contributed by atoms with Crippen LogP contribution in [0.5, 0.6) is 0 Å². The van der Waals surface area contributed by atoms with Crippen molar-refractivity contribution >= 4 is 43.8 Å². The molecule has 4 aromatic rings. The van der Waals surface area contributed by atoms with Crippen molar-refractivity contribution in [3.05, 3.63) is 45.2 Å². The summed E-state index contributed by atoms with van der Waals surface area (Å²) in [5.74, 6) is 0.706. The first kappa shape index (κ1) is 13.9. The number of hydrogen-bond donors (Lipinski definition) is 3. The van der Waals surface area contributed by atoms with Gasteiger partial charge in [-0.3, -0.25) is 0 Å². The number of anilines is 1. The number of halogens is 1. The van der Waals surface area contributed by atoms with Crippen LogP contribution in [0.2, 0.25) is 0 Å². The minimum absolute atomic E-state index is 0.207. The zero-order valence-electron chi connectivity index (χ0n) is 12.1. The van der Waals surface area contributed by atoms with E-state index in [4.69, 9.17) is 0 Å². The molecule has 0 bridgehead atoms. The number of imidazole rings is 1. The largest absolute Gasteiger partial charge is 0.365 e. The summed E-state index contributed by atoms with van der Waals surface area (Å²) < 4.78 is 2.39. The average molecular weight is 374 g/mol. The minimum atomic E-state index is -0.207. The van der Waals surface area contributed by atoms with E-state index in [1.165, 1.54) is 6.33 Å².